The fraction of sp³-hybridized carbons (Fsp3) is 0.375. The average molecular weight is 290 g/mol. The lowest BCUT2D eigenvalue weighted by Crippen LogP contribution is -2.37. The normalized spacial score (nSPS) is 20.1. The van der Waals surface area contributed by atoms with Crippen LogP contribution in [0.2, 0.25) is 0 Å². The number of rotatable bonds is 2. The van der Waals surface area contributed by atoms with Crippen LogP contribution in [0, 0.1) is 0 Å². The number of hydrogen-bond acceptors (Lipinski definition) is 4. The number of carbonyl (C=O) groups is 2. The quantitative estimate of drug-likeness (QED) is 0.857. The highest BCUT2D eigenvalue weighted by molar-refractivity contribution is 9.11. The summed E-state index contributed by atoms with van der Waals surface area (Å²) in [5, 5.41) is 5.78. The molecule has 0 radical (unpaired) electrons. The number of hydrogen-bond donors (Lipinski definition) is 2. The van der Waals surface area contributed by atoms with Gasteiger partial charge in [0, 0.05) is 6.42 Å². The van der Waals surface area contributed by atoms with Crippen molar-refractivity contribution in [3.63, 3.8) is 0 Å². The minimum Gasteiger partial charge on any atom is -0.344 e. The van der Waals surface area contributed by atoms with Crippen LogP contribution in [-0.4, -0.2) is 22.8 Å². The van der Waals surface area contributed by atoms with Crippen LogP contribution in [0.15, 0.2) is 9.98 Å². The van der Waals surface area contributed by atoms with E-state index in [0.29, 0.717) is 18.0 Å². The van der Waals surface area contributed by atoms with Crippen molar-refractivity contribution < 1.29 is 9.59 Å². The van der Waals surface area contributed by atoms with Crippen LogP contribution in [0.4, 0.5) is 5.13 Å². The summed E-state index contributed by atoms with van der Waals surface area (Å²) in [4.78, 5) is 26.5. The zero-order chi connectivity index (χ0) is 10.8. The van der Waals surface area contributed by atoms with Crippen molar-refractivity contribution in [2.45, 2.75) is 18.9 Å². The van der Waals surface area contributed by atoms with Crippen LogP contribution < -0.4 is 10.6 Å². The second-order valence-electron chi connectivity index (χ2n) is 3.12. The molecule has 0 aliphatic carbocycles. The van der Waals surface area contributed by atoms with E-state index in [4.69, 9.17) is 0 Å². The molecular weight excluding hydrogens is 282 g/mol. The van der Waals surface area contributed by atoms with E-state index in [0.717, 1.165) is 3.79 Å². The first-order valence-electron chi connectivity index (χ1n) is 4.37. The highest BCUT2D eigenvalue weighted by atomic mass is 79.9. The Labute approximate surface area is 98.4 Å². The fourth-order valence-electron chi connectivity index (χ4n) is 1.32. The van der Waals surface area contributed by atoms with E-state index in [1.165, 1.54) is 11.3 Å². The van der Waals surface area contributed by atoms with Crippen molar-refractivity contribution in [2.24, 2.45) is 0 Å². The van der Waals surface area contributed by atoms with Crippen LogP contribution in [0.5, 0.6) is 0 Å². The van der Waals surface area contributed by atoms with Crippen molar-refractivity contribution in [2.75, 3.05) is 5.32 Å². The Balaban J connectivity index is 1.95. The molecule has 1 aromatic rings. The zero-order valence-electron chi connectivity index (χ0n) is 7.62. The number of halogens is 1. The standard InChI is InChI=1S/C8H8BrN3O2S/c9-5-3-10-8(15-5)12-7(14)4-1-2-6(13)11-4/h3-4H,1-2H2,(H,11,13)(H,10,12,14)/t4-/m0/s1. The van der Waals surface area contributed by atoms with E-state index in [-0.39, 0.29) is 11.8 Å². The van der Waals surface area contributed by atoms with Crippen molar-refractivity contribution in [1.29, 1.82) is 0 Å². The minimum atomic E-state index is -0.417. The molecular formula is C8H8BrN3O2S. The summed E-state index contributed by atoms with van der Waals surface area (Å²) in [5.74, 6) is -0.279. The molecule has 1 saturated heterocycles. The third kappa shape index (κ3) is 2.54. The van der Waals surface area contributed by atoms with Gasteiger partial charge in [-0.05, 0) is 22.4 Å². The van der Waals surface area contributed by atoms with Crippen LogP contribution in [0.1, 0.15) is 12.8 Å². The molecule has 0 unspecified atom stereocenters. The lowest BCUT2D eigenvalue weighted by Gasteiger charge is -2.07. The SMILES string of the molecule is O=C1CC[C@@H](C(=O)Nc2ncc(Br)s2)N1. The molecule has 2 N–H and O–H groups in total. The summed E-state index contributed by atoms with van der Waals surface area (Å²) in [6.45, 7) is 0. The molecule has 1 atom stereocenters. The largest absolute Gasteiger partial charge is 0.344 e. The number of aromatic nitrogens is 1. The summed E-state index contributed by atoms with van der Waals surface area (Å²) in [5.41, 5.74) is 0. The van der Waals surface area contributed by atoms with Crippen LogP contribution in [0.25, 0.3) is 0 Å². The summed E-state index contributed by atoms with van der Waals surface area (Å²) < 4.78 is 0.855. The highest BCUT2D eigenvalue weighted by Gasteiger charge is 2.27. The first-order chi connectivity index (χ1) is 7.15. The third-order valence-corrected chi connectivity index (χ3v) is 3.41. The molecule has 1 aromatic heterocycles. The number of carbonyl (C=O) groups excluding carboxylic acids is 2. The number of nitrogens with one attached hydrogen (secondary N) is 2. The van der Waals surface area contributed by atoms with Gasteiger partial charge >= 0.3 is 0 Å². The van der Waals surface area contributed by atoms with E-state index in [2.05, 4.69) is 31.5 Å². The molecule has 2 heterocycles. The monoisotopic (exact) mass is 289 g/mol. The van der Waals surface area contributed by atoms with Gasteiger partial charge in [0.05, 0.1) is 9.98 Å². The topological polar surface area (TPSA) is 71.1 Å². The van der Waals surface area contributed by atoms with Crippen LogP contribution in [-0.2, 0) is 9.59 Å². The van der Waals surface area contributed by atoms with Gasteiger partial charge in [-0.2, -0.15) is 0 Å². The van der Waals surface area contributed by atoms with E-state index >= 15 is 0 Å². The van der Waals surface area contributed by atoms with Gasteiger partial charge in [-0.3, -0.25) is 9.59 Å². The zero-order valence-corrected chi connectivity index (χ0v) is 10.0. The van der Waals surface area contributed by atoms with Gasteiger partial charge in [-0.15, -0.1) is 0 Å². The Morgan fingerprint density at radius 2 is 2.53 bits per heavy atom. The minimum absolute atomic E-state index is 0.0736. The Bertz CT molecular complexity index is 406. The summed E-state index contributed by atoms with van der Waals surface area (Å²) in [6.07, 6.45) is 2.59. The molecule has 2 amide bonds. The molecule has 5 nitrogen and oxygen atoms in total. The molecule has 0 aromatic carbocycles. The van der Waals surface area contributed by atoms with Crippen molar-refractivity contribution in [3.05, 3.63) is 9.98 Å². The van der Waals surface area contributed by atoms with E-state index in [1.54, 1.807) is 6.20 Å². The molecule has 1 aliphatic rings. The van der Waals surface area contributed by atoms with Gasteiger partial charge in [0.2, 0.25) is 11.8 Å². The second-order valence-corrected chi connectivity index (χ2v) is 5.53. The molecule has 1 fully saturated rings. The smallest absolute Gasteiger partial charge is 0.248 e. The van der Waals surface area contributed by atoms with Crippen molar-refractivity contribution >= 4 is 44.2 Å². The van der Waals surface area contributed by atoms with Gasteiger partial charge in [0.25, 0.3) is 0 Å². The third-order valence-electron chi connectivity index (χ3n) is 2.02. The Kier molecular flexibility index (Phi) is 3.01. The lowest BCUT2D eigenvalue weighted by atomic mass is 10.2. The Morgan fingerprint density at radius 3 is 3.07 bits per heavy atom. The first kappa shape index (κ1) is 10.6. The maximum absolute atomic E-state index is 11.6. The summed E-state index contributed by atoms with van der Waals surface area (Å²) in [7, 11) is 0. The van der Waals surface area contributed by atoms with Crippen LogP contribution in [0.3, 0.4) is 0 Å². The van der Waals surface area contributed by atoms with Gasteiger partial charge in [-0.1, -0.05) is 11.3 Å². The van der Waals surface area contributed by atoms with Crippen molar-refractivity contribution in [3.8, 4) is 0 Å². The molecule has 0 saturated carbocycles. The maximum Gasteiger partial charge on any atom is 0.248 e. The fourth-order valence-corrected chi connectivity index (χ4v) is 2.42. The van der Waals surface area contributed by atoms with Crippen LogP contribution >= 0.6 is 27.3 Å². The van der Waals surface area contributed by atoms with Gasteiger partial charge in [0.1, 0.15) is 6.04 Å². The molecule has 80 valence electrons. The van der Waals surface area contributed by atoms with Gasteiger partial charge in [0.15, 0.2) is 5.13 Å². The average Bonchev–Trinajstić information content (AvgIpc) is 2.75. The number of amides is 2. The lowest BCUT2D eigenvalue weighted by molar-refractivity contribution is -0.122. The number of thiazole rings is 1. The molecule has 7 heteroatoms. The van der Waals surface area contributed by atoms with E-state index < -0.39 is 6.04 Å². The summed E-state index contributed by atoms with van der Waals surface area (Å²) >= 11 is 4.59. The Hall–Kier alpha value is -0.950. The first-order valence-corrected chi connectivity index (χ1v) is 5.97. The maximum atomic E-state index is 11.6. The van der Waals surface area contributed by atoms with Gasteiger partial charge in [-0.25, -0.2) is 4.98 Å². The van der Waals surface area contributed by atoms with E-state index in [9.17, 15) is 9.59 Å². The van der Waals surface area contributed by atoms with Gasteiger partial charge < -0.3 is 10.6 Å². The molecule has 0 bridgehead atoms. The molecule has 15 heavy (non-hydrogen) atoms. The predicted molar refractivity (Wildman–Crippen MR) is 59.6 cm³/mol. The predicted octanol–water partition coefficient (Wildman–Crippen LogP) is 1.12. The molecule has 0 spiro atoms. The number of nitrogens with zero attached hydrogens (tertiary/aromatic N) is 1. The van der Waals surface area contributed by atoms with Crippen molar-refractivity contribution in [1.82, 2.24) is 10.3 Å². The molecule has 1 aliphatic heterocycles. The number of anilines is 1. The van der Waals surface area contributed by atoms with E-state index in [1.807, 2.05) is 0 Å². The molecule has 2 rings (SSSR count). The Morgan fingerprint density at radius 1 is 1.73 bits per heavy atom. The summed E-state index contributed by atoms with van der Waals surface area (Å²) in [6, 6.07) is -0.417. The highest BCUT2D eigenvalue weighted by Crippen LogP contribution is 2.23. The second kappa shape index (κ2) is 4.28.